The summed E-state index contributed by atoms with van der Waals surface area (Å²) in [5.41, 5.74) is 0.564. The molecule has 0 saturated carbocycles. The fourth-order valence-corrected chi connectivity index (χ4v) is 2.02. The van der Waals surface area contributed by atoms with Crippen LogP contribution in [0.2, 0.25) is 5.02 Å². The van der Waals surface area contributed by atoms with Crippen LogP contribution in [0.3, 0.4) is 0 Å². The Bertz CT molecular complexity index is 398. The molecule has 1 aromatic rings. The molecular weight excluding hydrogens is 263 g/mol. The predicted octanol–water partition coefficient (Wildman–Crippen LogP) is 2.99. The van der Waals surface area contributed by atoms with E-state index in [1.807, 2.05) is 20.8 Å². The Morgan fingerprint density at radius 2 is 2.12 bits per heavy atom. The molecule has 0 aliphatic rings. The summed E-state index contributed by atoms with van der Waals surface area (Å²) in [5, 5.41) is 0.0187. The van der Waals surface area contributed by atoms with Crippen molar-refractivity contribution in [3.63, 3.8) is 0 Å². The topological polar surface area (TPSA) is 48.0 Å². The fraction of sp³-hybridized carbons (Fsp3) is 0.545. The van der Waals surface area contributed by atoms with Crippen molar-refractivity contribution in [1.82, 2.24) is 9.71 Å². The highest BCUT2D eigenvalue weighted by atomic mass is 35.5. The van der Waals surface area contributed by atoms with Gasteiger partial charge in [0.2, 0.25) is 0 Å². The molecule has 0 aliphatic heterocycles. The second-order valence-electron chi connectivity index (χ2n) is 4.74. The van der Waals surface area contributed by atoms with Gasteiger partial charge < -0.3 is 4.55 Å². The first-order valence-corrected chi connectivity index (χ1v) is 6.73. The van der Waals surface area contributed by atoms with E-state index in [0.29, 0.717) is 5.69 Å². The van der Waals surface area contributed by atoms with Crippen LogP contribution in [0.15, 0.2) is 12.3 Å². The third-order valence-electron chi connectivity index (χ3n) is 2.11. The van der Waals surface area contributed by atoms with Crippen LogP contribution in [0.5, 0.6) is 0 Å². The van der Waals surface area contributed by atoms with Gasteiger partial charge in [-0.25, -0.2) is 4.39 Å². The molecule has 17 heavy (non-hydrogen) atoms. The summed E-state index contributed by atoms with van der Waals surface area (Å²) in [5.74, 6) is -0.556. The normalized spacial score (nSPS) is 15.7. The lowest BCUT2D eigenvalue weighted by atomic mass is 10.2. The number of hydrogen-bond acceptors (Lipinski definition) is 3. The SMILES string of the molecule is C[C@@H](N[S@+]([O-])C(C)(C)C)c1cc(Cl)c(F)cn1. The Balaban J connectivity index is 2.76. The second kappa shape index (κ2) is 5.52. The van der Waals surface area contributed by atoms with Crippen LogP contribution in [0.1, 0.15) is 39.4 Å². The molecule has 0 aliphatic carbocycles. The minimum absolute atomic E-state index is 0.0187. The Kier molecular flexibility index (Phi) is 4.77. The molecule has 1 aromatic heterocycles. The minimum atomic E-state index is -1.21. The maximum absolute atomic E-state index is 12.9. The van der Waals surface area contributed by atoms with Gasteiger partial charge in [-0.3, -0.25) is 4.98 Å². The first-order valence-electron chi connectivity index (χ1n) is 5.21. The van der Waals surface area contributed by atoms with Crippen molar-refractivity contribution >= 4 is 23.0 Å². The van der Waals surface area contributed by atoms with Crippen LogP contribution in [-0.2, 0) is 11.4 Å². The Morgan fingerprint density at radius 1 is 1.53 bits per heavy atom. The minimum Gasteiger partial charge on any atom is -0.598 e. The van der Waals surface area contributed by atoms with E-state index < -0.39 is 17.2 Å². The van der Waals surface area contributed by atoms with Gasteiger partial charge >= 0.3 is 0 Å². The highest BCUT2D eigenvalue weighted by Gasteiger charge is 2.28. The maximum atomic E-state index is 12.9. The lowest BCUT2D eigenvalue weighted by Crippen LogP contribution is -2.40. The van der Waals surface area contributed by atoms with Crippen molar-refractivity contribution in [3.05, 3.63) is 28.8 Å². The van der Waals surface area contributed by atoms with Crippen molar-refractivity contribution in [2.24, 2.45) is 0 Å². The molecule has 6 heteroatoms. The molecule has 0 radical (unpaired) electrons. The van der Waals surface area contributed by atoms with Crippen LogP contribution in [0, 0.1) is 5.82 Å². The standard InChI is InChI=1S/C11H16ClFN2OS/c1-7(15-17(16)11(2,3)4)10-5-8(12)9(13)6-14-10/h5-7,15H,1-4H3/t7-,17-/m1/s1. The summed E-state index contributed by atoms with van der Waals surface area (Å²) >= 11 is 4.46. The van der Waals surface area contributed by atoms with E-state index in [4.69, 9.17) is 11.6 Å². The number of halogens is 2. The third kappa shape index (κ3) is 4.10. The molecule has 2 atom stereocenters. The number of nitrogens with zero attached hydrogens (tertiary/aromatic N) is 1. The van der Waals surface area contributed by atoms with Crippen LogP contribution in [-0.4, -0.2) is 14.3 Å². The van der Waals surface area contributed by atoms with Gasteiger partial charge in [0.05, 0.1) is 23.0 Å². The third-order valence-corrected chi connectivity index (χ3v) is 4.08. The Labute approximate surface area is 109 Å². The summed E-state index contributed by atoms with van der Waals surface area (Å²) in [4.78, 5) is 3.92. The zero-order valence-corrected chi connectivity index (χ0v) is 11.8. The smallest absolute Gasteiger partial charge is 0.160 e. The summed E-state index contributed by atoms with van der Waals surface area (Å²) < 4.78 is 27.4. The molecule has 0 amide bonds. The molecule has 3 nitrogen and oxygen atoms in total. The van der Waals surface area contributed by atoms with E-state index in [-0.39, 0.29) is 15.8 Å². The molecule has 0 aromatic carbocycles. The van der Waals surface area contributed by atoms with E-state index in [1.165, 1.54) is 6.07 Å². The Hall–Kier alpha value is -0.360. The summed E-state index contributed by atoms with van der Waals surface area (Å²) in [7, 11) is 0. The molecule has 0 fully saturated rings. The molecule has 0 spiro atoms. The monoisotopic (exact) mass is 278 g/mol. The molecule has 1 N–H and O–H groups in total. The zero-order chi connectivity index (χ0) is 13.2. The first-order chi connectivity index (χ1) is 7.71. The van der Waals surface area contributed by atoms with Crippen molar-refractivity contribution in [2.75, 3.05) is 0 Å². The van der Waals surface area contributed by atoms with Gasteiger partial charge in [-0.2, -0.15) is 0 Å². The van der Waals surface area contributed by atoms with Crippen LogP contribution in [0.4, 0.5) is 4.39 Å². The molecule has 1 rings (SSSR count). The van der Waals surface area contributed by atoms with Gasteiger partial charge in [0.15, 0.2) is 5.82 Å². The van der Waals surface area contributed by atoms with E-state index in [1.54, 1.807) is 6.92 Å². The molecule has 0 bridgehead atoms. The van der Waals surface area contributed by atoms with Crippen molar-refractivity contribution < 1.29 is 8.94 Å². The van der Waals surface area contributed by atoms with Gasteiger partial charge in [0.1, 0.15) is 4.75 Å². The molecule has 1 heterocycles. The predicted molar refractivity (Wildman–Crippen MR) is 68.7 cm³/mol. The van der Waals surface area contributed by atoms with Crippen LogP contribution < -0.4 is 4.72 Å². The quantitative estimate of drug-likeness (QED) is 0.865. The van der Waals surface area contributed by atoms with Gasteiger partial charge in [0.25, 0.3) is 0 Å². The number of hydrogen-bond donors (Lipinski definition) is 1. The summed E-state index contributed by atoms with van der Waals surface area (Å²) in [6, 6.07) is 1.18. The van der Waals surface area contributed by atoms with Gasteiger partial charge in [-0.1, -0.05) is 11.6 Å². The summed E-state index contributed by atoms with van der Waals surface area (Å²) in [6.45, 7) is 7.41. The lowest BCUT2D eigenvalue weighted by molar-refractivity contribution is 0.528. The van der Waals surface area contributed by atoms with E-state index >= 15 is 0 Å². The Morgan fingerprint density at radius 3 is 2.59 bits per heavy atom. The maximum Gasteiger partial charge on any atom is 0.160 e. The molecule has 0 saturated heterocycles. The fourth-order valence-electron chi connectivity index (χ4n) is 1.06. The van der Waals surface area contributed by atoms with Crippen LogP contribution in [0.25, 0.3) is 0 Å². The summed E-state index contributed by atoms with van der Waals surface area (Å²) in [6.07, 6.45) is 1.07. The van der Waals surface area contributed by atoms with E-state index in [0.717, 1.165) is 6.20 Å². The molecule has 0 unspecified atom stereocenters. The zero-order valence-electron chi connectivity index (χ0n) is 10.3. The first kappa shape index (κ1) is 14.7. The number of rotatable bonds is 3. The van der Waals surface area contributed by atoms with Gasteiger partial charge in [-0.05, 0) is 33.8 Å². The molecular formula is C11H16ClFN2OS. The number of pyridine rings is 1. The highest BCUT2D eigenvalue weighted by Crippen LogP contribution is 2.21. The van der Waals surface area contributed by atoms with E-state index in [2.05, 4.69) is 9.71 Å². The van der Waals surface area contributed by atoms with E-state index in [9.17, 15) is 8.94 Å². The highest BCUT2D eigenvalue weighted by molar-refractivity contribution is 7.90. The van der Waals surface area contributed by atoms with Crippen molar-refractivity contribution in [1.29, 1.82) is 0 Å². The van der Waals surface area contributed by atoms with Crippen molar-refractivity contribution in [2.45, 2.75) is 38.5 Å². The number of nitrogens with one attached hydrogen (secondary N) is 1. The number of aromatic nitrogens is 1. The van der Waals surface area contributed by atoms with Crippen molar-refractivity contribution in [3.8, 4) is 0 Å². The molecule has 96 valence electrons. The van der Waals surface area contributed by atoms with Gasteiger partial charge in [-0.15, -0.1) is 4.72 Å². The van der Waals surface area contributed by atoms with Gasteiger partial charge in [0, 0.05) is 11.4 Å². The largest absolute Gasteiger partial charge is 0.598 e. The average Bonchev–Trinajstić information content (AvgIpc) is 2.20. The lowest BCUT2D eigenvalue weighted by Gasteiger charge is -2.26. The average molecular weight is 279 g/mol. The van der Waals surface area contributed by atoms with Crippen LogP contribution >= 0.6 is 11.6 Å². The second-order valence-corrected chi connectivity index (χ2v) is 7.15.